The third-order valence-corrected chi connectivity index (χ3v) is 1.59. The van der Waals surface area contributed by atoms with Crippen LogP contribution < -0.4 is 0 Å². The van der Waals surface area contributed by atoms with Gasteiger partial charge in [-0.15, -0.1) is 0 Å². The van der Waals surface area contributed by atoms with Gasteiger partial charge in [0.25, 0.3) is 0 Å². The summed E-state index contributed by atoms with van der Waals surface area (Å²) in [4.78, 5) is 14.8. The molecule has 2 nitrogen and oxygen atoms in total. The number of halogens is 3. The second-order valence-electron chi connectivity index (χ2n) is 2.90. The number of hydrogen-bond donors (Lipinski definition) is 0. The molecule has 1 rings (SSSR count). The molecule has 0 unspecified atom stereocenters. The van der Waals surface area contributed by atoms with Gasteiger partial charge in [0.05, 0.1) is 0 Å². The van der Waals surface area contributed by atoms with Gasteiger partial charge in [0.1, 0.15) is 6.42 Å². The summed E-state index contributed by atoms with van der Waals surface area (Å²) in [5.41, 5.74) is 0.654. The number of carbonyl (C=O) groups is 1. The van der Waals surface area contributed by atoms with Gasteiger partial charge in [-0.1, -0.05) is 0 Å². The van der Waals surface area contributed by atoms with Crippen molar-refractivity contribution >= 4 is 5.78 Å². The van der Waals surface area contributed by atoms with E-state index in [2.05, 4.69) is 4.98 Å². The lowest BCUT2D eigenvalue weighted by Crippen LogP contribution is -2.15. The Morgan fingerprint density at radius 2 is 2.07 bits per heavy atom. The molecule has 1 aromatic heterocycles. The number of carbonyl (C=O) groups excluding carboxylic acids is 1. The van der Waals surface area contributed by atoms with Crippen LogP contribution in [0.3, 0.4) is 0 Å². The van der Waals surface area contributed by atoms with Crippen LogP contribution in [0.2, 0.25) is 0 Å². The molecule has 1 aromatic rings. The summed E-state index contributed by atoms with van der Waals surface area (Å²) in [7, 11) is 0. The molecule has 0 N–H and O–H groups in total. The van der Waals surface area contributed by atoms with E-state index in [1.807, 2.05) is 0 Å². The highest BCUT2D eigenvalue weighted by Crippen LogP contribution is 2.21. The van der Waals surface area contributed by atoms with Crippen LogP contribution in [0.5, 0.6) is 0 Å². The molecule has 0 bridgehead atoms. The Bertz CT molecular complexity index is 329. The van der Waals surface area contributed by atoms with Crippen molar-refractivity contribution in [3.8, 4) is 0 Å². The highest BCUT2D eigenvalue weighted by atomic mass is 19.4. The van der Waals surface area contributed by atoms with Crippen LogP contribution in [0.15, 0.2) is 18.3 Å². The zero-order chi connectivity index (χ0) is 10.8. The van der Waals surface area contributed by atoms with Crippen LogP contribution in [0.1, 0.15) is 22.5 Å². The number of ketones is 1. The van der Waals surface area contributed by atoms with Crippen LogP contribution in [-0.2, 0) is 0 Å². The third kappa shape index (κ3) is 3.16. The summed E-state index contributed by atoms with van der Waals surface area (Å²) in [6, 6.07) is 2.85. The molecule has 0 radical (unpaired) electrons. The predicted molar refractivity (Wildman–Crippen MR) is 44.0 cm³/mol. The maximum atomic E-state index is 11.8. The van der Waals surface area contributed by atoms with E-state index in [1.165, 1.54) is 12.1 Å². The minimum absolute atomic E-state index is 0.00655. The average molecular weight is 203 g/mol. The van der Waals surface area contributed by atoms with E-state index in [0.717, 1.165) is 6.20 Å². The average Bonchev–Trinajstić information content (AvgIpc) is 2.02. The zero-order valence-corrected chi connectivity index (χ0v) is 7.43. The monoisotopic (exact) mass is 203 g/mol. The van der Waals surface area contributed by atoms with Crippen LogP contribution in [0, 0.1) is 6.92 Å². The van der Waals surface area contributed by atoms with Gasteiger partial charge < -0.3 is 0 Å². The summed E-state index contributed by atoms with van der Waals surface area (Å²) in [6.45, 7) is 1.69. The van der Waals surface area contributed by atoms with E-state index in [-0.39, 0.29) is 5.56 Å². The Balaban J connectivity index is 2.76. The Hall–Kier alpha value is -1.39. The van der Waals surface area contributed by atoms with E-state index in [0.29, 0.717) is 5.69 Å². The maximum absolute atomic E-state index is 11.8. The van der Waals surface area contributed by atoms with Crippen molar-refractivity contribution in [2.24, 2.45) is 0 Å². The Morgan fingerprint density at radius 1 is 1.43 bits per heavy atom. The van der Waals surface area contributed by atoms with Gasteiger partial charge in [0.15, 0.2) is 5.78 Å². The molecular formula is C9H8F3NO. The van der Waals surface area contributed by atoms with E-state index >= 15 is 0 Å². The highest BCUT2D eigenvalue weighted by Gasteiger charge is 2.31. The number of pyridine rings is 1. The van der Waals surface area contributed by atoms with Crippen LogP contribution in [0.25, 0.3) is 0 Å². The molecule has 5 heteroatoms. The fourth-order valence-electron chi connectivity index (χ4n) is 0.917. The SMILES string of the molecule is Cc1ccc(C(=O)CC(F)(F)F)cn1. The van der Waals surface area contributed by atoms with E-state index < -0.39 is 18.4 Å². The van der Waals surface area contributed by atoms with Gasteiger partial charge in [-0.05, 0) is 19.1 Å². The Morgan fingerprint density at radius 3 is 2.50 bits per heavy atom. The van der Waals surface area contributed by atoms with Crippen molar-refractivity contribution in [3.05, 3.63) is 29.6 Å². The number of nitrogens with zero attached hydrogens (tertiary/aromatic N) is 1. The van der Waals surface area contributed by atoms with Gasteiger partial charge in [-0.2, -0.15) is 13.2 Å². The minimum atomic E-state index is -4.46. The normalized spacial score (nSPS) is 11.4. The van der Waals surface area contributed by atoms with Crippen molar-refractivity contribution in [3.63, 3.8) is 0 Å². The molecule has 0 aromatic carbocycles. The van der Waals surface area contributed by atoms with E-state index in [1.54, 1.807) is 6.92 Å². The number of rotatable bonds is 2. The smallest absolute Gasteiger partial charge is 0.294 e. The van der Waals surface area contributed by atoms with Crippen molar-refractivity contribution in [2.45, 2.75) is 19.5 Å². The number of hydrogen-bond acceptors (Lipinski definition) is 2. The summed E-state index contributed by atoms with van der Waals surface area (Å²) < 4.78 is 35.5. The first kappa shape index (κ1) is 10.7. The van der Waals surface area contributed by atoms with Crippen molar-refractivity contribution < 1.29 is 18.0 Å². The number of alkyl halides is 3. The Kier molecular flexibility index (Phi) is 2.88. The van der Waals surface area contributed by atoms with Gasteiger partial charge in [-0.3, -0.25) is 9.78 Å². The standard InChI is InChI=1S/C9H8F3NO/c1-6-2-3-7(5-13-6)8(14)4-9(10,11)12/h2-3,5H,4H2,1H3. The molecule has 0 fully saturated rings. The van der Waals surface area contributed by atoms with Gasteiger partial charge in [0, 0.05) is 17.5 Å². The molecule has 0 atom stereocenters. The molecular weight excluding hydrogens is 195 g/mol. The van der Waals surface area contributed by atoms with E-state index in [4.69, 9.17) is 0 Å². The summed E-state index contributed by atoms with van der Waals surface area (Å²) >= 11 is 0. The maximum Gasteiger partial charge on any atom is 0.396 e. The van der Waals surface area contributed by atoms with Crippen molar-refractivity contribution in [1.82, 2.24) is 4.98 Å². The predicted octanol–water partition coefficient (Wildman–Crippen LogP) is 2.53. The first-order valence-electron chi connectivity index (χ1n) is 3.91. The van der Waals surface area contributed by atoms with E-state index in [9.17, 15) is 18.0 Å². The molecule has 0 spiro atoms. The fraction of sp³-hybridized carbons (Fsp3) is 0.333. The van der Waals surface area contributed by atoms with Crippen LogP contribution >= 0.6 is 0 Å². The van der Waals surface area contributed by atoms with Crippen molar-refractivity contribution in [2.75, 3.05) is 0 Å². The molecule has 14 heavy (non-hydrogen) atoms. The molecule has 0 aliphatic heterocycles. The molecule has 0 saturated carbocycles. The topological polar surface area (TPSA) is 30.0 Å². The lowest BCUT2D eigenvalue weighted by Gasteiger charge is -2.04. The molecule has 0 aliphatic carbocycles. The summed E-state index contributed by atoms with van der Waals surface area (Å²) in [5, 5.41) is 0. The lowest BCUT2D eigenvalue weighted by atomic mass is 10.1. The molecule has 0 amide bonds. The van der Waals surface area contributed by atoms with Crippen LogP contribution in [0.4, 0.5) is 13.2 Å². The highest BCUT2D eigenvalue weighted by molar-refractivity contribution is 5.96. The number of Topliss-reactive ketones (excluding diaryl/α,β-unsaturated/α-hetero) is 1. The van der Waals surface area contributed by atoms with Crippen molar-refractivity contribution in [1.29, 1.82) is 0 Å². The number of aryl methyl sites for hydroxylation is 1. The van der Waals surface area contributed by atoms with Gasteiger partial charge in [0.2, 0.25) is 0 Å². The zero-order valence-electron chi connectivity index (χ0n) is 7.43. The minimum Gasteiger partial charge on any atom is -0.294 e. The second kappa shape index (κ2) is 3.77. The van der Waals surface area contributed by atoms with Crippen LogP contribution in [-0.4, -0.2) is 16.9 Å². The molecule has 0 saturated heterocycles. The van der Waals surface area contributed by atoms with Gasteiger partial charge >= 0.3 is 6.18 Å². The molecule has 1 heterocycles. The second-order valence-corrected chi connectivity index (χ2v) is 2.90. The molecule has 76 valence electrons. The third-order valence-electron chi connectivity index (χ3n) is 1.59. The largest absolute Gasteiger partial charge is 0.396 e. The first-order chi connectivity index (χ1) is 6.38. The lowest BCUT2D eigenvalue weighted by molar-refractivity contribution is -0.125. The number of aromatic nitrogens is 1. The fourth-order valence-corrected chi connectivity index (χ4v) is 0.917. The summed E-state index contributed by atoms with van der Waals surface area (Å²) in [5.74, 6) is -0.954. The van der Waals surface area contributed by atoms with Gasteiger partial charge in [-0.25, -0.2) is 0 Å². The summed E-state index contributed by atoms with van der Waals surface area (Å²) in [6.07, 6.45) is -4.73. The quantitative estimate of drug-likeness (QED) is 0.691. The Labute approximate surface area is 78.8 Å². The molecule has 0 aliphatic rings. The first-order valence-corrected chi connectivity index (χ1v) is 3.91.